The lowest BCUT2D eigenvalue weighted by Gasteiger charge is -2.19. The van der Waals surface area contributed by atoms with Gasteiger partial charge in [0.2, 0.25) is 5.91 Å². The van der Waals surface area contributed by atoms with Crippen molar-refractivity contribution in [3.63, 3.8) is 0 Å². The number of benzene rings is 1. The van der Waals surface area contributed by atoms with Crippen molar-refractivity contribution in [3.05, 3.63) is 66.5 Å². The smallest absolute Gasteiger partial charge is 0.258 e. The molecule has 11 heteroatoms. The number of amides is 2. The molecule has 3 N–H and O–H groups in total. The van der Waals surface area contributed by atoms with Gasteiger partial charge in [0.1, 0.15) is 6.04 Å². The number of aromatic nitrogens is 2. The zero-order valence-electron chi connectivity index (χ0n) is 19.4. The summed E-state index contributed by atoms with van der Waals surface area (Å²) in [6, 6.07) is 12.1. The first-order valence-corrected chi connectivity index (χ1v) is 12.5. The fourth-order valence-corrected chi connectivity index (χ4v) is 4.52. The van der Waals surface area contributed by atoms with E-state index in [2.05, 4.69) is 25.3 Å². The van der Waals surface area contributed by atoms with Crippen LogP contribution in [0.2, 0.25) is 0 Å². The molecule has 1 atom stereocenters. The summed E-state index contributed by atoms with van der Waals surface area (Å²) in [5.74, 6) is -1.55. The largest absolute Gasteiger partial charge is 0.348 e. The van der Waals surface area contributed by atoms with Gasteiger partial charge in [0, 0.05) is 17.8 Å². The van der Waals surface area contributed by atoms with E-state index in [1.54, 1.807) is 30.5 Å². The summed E-state index contributed by atoms with van der Waals surface area (Å²) in [7, 11) is -4.03. The van der Waals surface area contributed by atoms with Gasteiger partial charge in [0.15, 0.2) is 10.8 Å². The minimum atomic E-state index is -4.03. The second kappa shape index (κ2) is 11.6. The quantitative estimate of drug-likeness (QED) is 0.363. The lowest BCUT2D eigenvalue weighted by atomic mass is 10.0. The van der Waals surface area contributed by atoms with Crippen LogP contribution in [0.3, 0.4) is 0 Å². The molecule has 0 radical (unpaired) electrons. The van der Waals surface area contributed by atoms with Crippen molar-refractivity contribution in [2.75, 3.05) is 13.1 Å². The Kier molecular flexibility index (Phi) is 8.61. The number of Topliss-reactive ketones (excluding diaryl/α,β-unsaturated/α-hetero) is 1. The van der Waals surface area contributed by atoms with E-state index in [4.69, 9.17) is 0 Å². The number of pyridine rings is 2. The van der Waals surface area contributed by atoms with E-state index in [9.17, 15) is 22.8 Å². The van der Waals surface area contributed by atoms with Crippen LogP contribution in [0.15, 0.2) is 66.0 Å². The highest BCUT2D eigenvalue weighted by Gasteiger charge is 2.27. The number of nitrogens with one attached hydrogen (secondary N) is 3. The molecule has 0 saturated carbocycles. The van der Waals surface area contributed by atoms with Gasteiger partial charge in [-0.3, -0.25) is 19.4 Å². The van der Waals surface area contributed by atoms with Crippen LogP contribution in [0.1, 0.15) is 30.6 Å². The predicted molar refractivity (Wildman–Crippen MR) is 130 cm³/mol. The maximum atomic E-state index is 12.7. The number of nitrogens with zero attached hydrogens (tertiary/aromatic N) is 2. The lowest BCUT2D eigenvalue weighted by molar-refractivity contribution is -0.126. The van der Waals surface area contributed by atoms with Crippen LogP contribution in [0.25, 0.3) is 10.9 Å². The molecule has 184 valence electrons. The lowest BCUT2D eigenvalue weighted by Crippen LogP contribution is -2.49. The van der Waals surface area contributed by atoms with Crippen LogP contribution >= 0.6 is 0 Å². The second-order valence-corrected chi connectivity index (χ2v) is 9.95. The second-order valence-electron chi connectivity index (χ2n) is 8.29. The van der Waals surface area contributed by atoms with Crippen LogP contribution < -0.4 is 15.4 Å². The summed E-state index contributed by atoms with van der Waals surface area (Å²) < 4.78 is 27.6. The number of rotatable bonds is 11. The average Bonchev–Trinajstić information content (AvgIpc) is 2.85. The van der Waals surface area contributed by atoms with E-state index < -0.39 is 33.7 Å². The number of fused-ring (bicyclic) bond motifs is 1. The minimum absolute atomic E-state index is 0.00137. The Labute approximate surface area is 203 Å². The molecular weight excluding hydrogens is 470 g/mol. The molecule has 0 saturated heterocycles. The van der Waals surface area contributed by atoms with Crippen molar-refractivity contribution in [3.8, 4) is 0 Å². The van der Waals surface area contributed by atoms with E-state index in [0.717, 1.165) is 5.39 Å². The van der Waals surface area contributed by atoms with Gasteiger partial charge >= 0.3 is 0 Å². The number of carbonyl (C=O) groups excluding carboxylic acids is 3. The van der Waals surface area contributed by atoms with Crippen molar-refractivity contribution in [1.29, 1.82) is 0 Å². The summed E-state index contributed by atoms with van der Waals surface area (Å²) in [5.41, 5.74) is 0.853. The van der Waals surface area contributed by atoms with Crippen LogP contribution in [0, 0.1) is 5.92 Å². The third-order valence-corrected chi connectivity index (χ3v) is 6.40. The molecule has 2 aromatic heterocycles. The van der Waals surface area contributed by atoms with E-state index in [0.29, 0.717) is 11.1 Å². The fourth-order valence-electron chi connectivity index (χ4n) is 3.37. The third-order valence-electron chi connectivity index (χ3n) is 5.02. The van der Waals surface area contributed by atoms with Crippen molar-refractivity contribution >= 4 is 38.5 Å². The minimum Gasteiger partial charge on any atom is -0.348 e. The zero-order valence-corrected chi connectivity index (χ0v) is 20.2. The highest BCUT2D eigenvalue weighted by Crippen LogP contribution is 2.15. The molecule has 0 unspecified atom stereocenters. The van der Waals surface area contributed by atoms with Crippen LogP contribution in [0.5, 0.6) is 0 Å². The topological polar surface area (TPSA) is 147 Å². The zero-order chi connectivity index (χ0) is 25.4. The molecule has 0 fully saturated rings. The number of carbonyl (C=O) groups is 3. The van der Waals surface area contributed by atoms with Crippen molar-refractivity contribution in [2.45, 2.75) is 31.3 Å². The Morgan fingerprint density at radius 3 is 2.31 bits per heavy atom. The van der Waals surface area contributed by atoms with E-state index >= 15 is 0 Å². The van der Waals surface area contributed by atoms with Crippen LogP contribution in [-0.4, -0.2) is 55.1 Å². The molecule has 35 heavy (non-hydrogen) atoms. The summed E-state index contributed by atoms with van der Waals surface area (Å²) in [5, 5.41) is 5.58. The Morgan fingerprint density at radius 1 is 0.886 bits per heavy atom. The van der Waals surface area contributed by atoms with Crippen molar-refractivity contribution in [2.24, 2.45) is 5.92 Å². The molecule has 3 rings (SSSR count). The first kappa shape index (κ1) is 25.9. The SMILES string of the molecule is CC(C)C[C@H](NS(=O)(=O)c1ccccn1)C(=O)NCC(=O)CNC(=O)c1cccc2cccnc12. The highest BCUT2D eigenvalue weighted by atomic mass is 32.2. The number of ketones is 1. The van der Waals surface area contributed by atoms with Gasteiger partial charge in [-0.2, -0.15) is 4.72 Å². The van der Waals surface area contributed by atoms with Gasteiger partial charge in [-0.05, 0) is 36.6 Å². The molecule has 0 aliphatic heterocycles. The standard InChI is InChI=1S/C24H27N5O5S/c1-16(2)13-20(29-35(33,34)21-10-3-4-11-25-21)24(32)28-15-18(30)14-27-23(31)19-9-5-7-17-8-6-12-26-22(17)19/h3-12,16,20,29H,13-15H2,1-2H3,(H,27,31)(H,28,32)/t20-/m0/s1. The van der Waals surface area contributed by atoms with Gasteiger partial charge in [0.25, 0.3) is 15.9 Å². The number of para-hydroxylation sites is 1. The summed E-state index contributed by atoms with van der Waals surface area (Å²) in [6.07, 6.45) is 3.14. The number of hydrogen-bond donors (Lipinski definition) is 3. The molecule has 0 aliphatic rings. The maximum Gasteiger partial charge on any atom is 0.258 e. The summed E-state index contributed by atoms with van der Waals surface area (Å²) in [6.45, 7) is 3.01. The Hall–Kier alpha value is -3.70. The normalized spacial score (nSPS) is 12.3. The van der Waals surface area contributed by atoms with Gasteiger partial charge < -0.3 is 10.6 Å². The molecule has 3 aromatic rings. The number of hydrogen-bond acceptors (Lipinski definition) is 7. The Morgan fingerprint density at radius 2 is 1.60 bits per heavy atom. The molecule has 2 amide bonds. The molecule has 1 aromatic carbocycles. The Bertz CT molecular complexity index is 1310. The highest BCUT2D eigenvalue weighted by molar-refractivity contribution is 7.89. The molecule has 0 spiro atoms. The van der Waals surface area contributed by atoms with E-state index in [1.807, 2.05) is 26.0 Å². The van der Waals surface area contributed by atoms with Crippen molar-refractivity contribution in [1.82, 2.24) is 25.3 Å². The monoisotopic (exact) mass is 497 g/mol. The third kappa shape index (κ3) is 7.14. The molecule has 0 bridgehead atoms. The molecule has 2 heterocycles. The number of sulfonamides is 1. The first-order chi connectivity index (χ1) is 16.7. The molecule has 10 nitrogen and oxygen atoms in total. The predicted octanol–water partition coefficient (Wildman–Crippen LogP) is 1.44. The fraction of sp³-hybridized carbons (Fsp3) is 0.292. The Balaban J connectivity index is 1.57. The van der Waals surface area contributed by atoms with Crippen LogP contribution in [0.4, 0.5) is 0 Å². The van der Waals surface area contributed by atoms with Gasteiger partial charge in [-0.15, -0.1) is 0 Å². The van der Waals surface area contributed by atoms with Gasteiger partial charge in [-0.1, -0.05) is 38.1 Å². The van der Waals surface area contributed by atoms with Crippen LogP contribution in [-0.2, 0) is 19.6 Å². The first-order valence-electron chi connectivity index (χ1n) is 11.0. The maximum absolute atomic E-state index is 12.7. The summed E-state index contributed by atoms with van der Waals surface area (Å²) in [4.78, 5) is 45.6. The van der Waals surface area contributed by atoms with E-state index in [-0.39, 0.29) is 30.5 Å². The molecule has 0 aliphatic carbocycles. The average molecular weight is 498 g/mol. The molecular formula is C24H27N5O5S. The van der Waals surface area contributed by atoms with Crippen molar-refractivity contribution < 1.29 is 22.8 Å². The van der Waals surface area contributed by atoms with E-state index in [1.165, 1.54) is 18.3 Å². The summed E-state index contributed by atoms with van der Waals surface area (Å²) >= 11 is 0. The van der Waals surface area contributed by atoms with Gasteiger partial charge in [-0.25, -0.2) is 13.4 Å². The van der Waals surface area contributed by atoms with Gasteiger partial charge in [0.05, 0.1) is 24.2 Å².